The van der Waals surface area contributed by atoms with Crippen molar-refractivity contribution >= 4 is 11.8 Å². The molecule has 4 heteroatoms. The summed E-state index contributed by atoms with van der Waals surface area (Å²) in [5.41, 5.74) is 1.21. The molecule has 106 valence electrons. The van der Waals surface area contributed by atoms with Gasteiger partial charge in [0, 0.05) is 30.0 Å². The van der Waals surface area contributed by atoms with E-state index in [4.69, 9.17) is 4.74 Å². The van der Waals surface area contributed by atoms with Gasteiger partial charge in [-0.3, -0.25) is 0 Å². The first-order valence-electron chi connectivity index (χ1n) is 6.50. The maximum atomic E-state index is 13.2. The maximum Gasteiger partial charge on any atom is 0.124 e. The topological polar surface area (TPSA) is 21.3 Å². The zero-order valence-corrected chi connectivity index (χ0v) is 12.3. The minimum atomic E-state index is -0.203. The molecule has 1 N–H and O–H groups in total. The maximum absolute atomic E-state index is 13.2. The van der Waals surface area contributed by atoms with Gasteiger partial charge in [0.1, 0.15) is 5.82 Å². The fraction of sp³-hybridized carbons (Fsp3) is 0.250. The van der Waals surface area contributed by atoms with Crippen LogP contribution >= 0.6 is 11.8 Å². The van der Waals surface area contributed by atoms with E-state index in [1.54, 1.807) is 31.0 Å². The average Bonchev–Trinajstić information content (AvgIpc) is 2.45. The van der Waals surface area contributed by atoms with Gasteiger partial charge >= 0.3 is 0 Å². The van der Waals surface area contributed by atoms with Crippen LogP contribution in [0, 0.1) is 5.82 Å². The van der Waals surface area contributed by atoms with Gasteiger partial charge in [0.2, 0.25) is 0 Å². The molecule has 2 nitrogen and oxygen atoms in total. The Hall–Kier alpha value is -1.36. The second-order valence-corrected chi connectivity index (χ2v) is 5.45. The minimum absolute atomic E-state index is 0.203. The summed E-state index contributed by atoms with van der Waals surface area (Å²) in [6.45, 7) is 2.29. The van der Waals surface area contributed by atoms with Crippen LogP contribution in [0.3, 0.4) is 0 Å². The Labute approximate surface area is 123 Å². The molecule has 0 bridgehead atoms. The molecule has 0 amide bonds. The van der Waals surface area contributed by atoms with E-state index in [0.717, 1.165) is 22.9 Å². The van der Waals surface area contributed by atoms with Gasteiger partial charge in [-0.25, -0.2) is 4.39 Å². The summed E-state index contributed by atoms with van der Waals surface area (Å²) in [6.07, 6.45) is 0. The number of methoxy groups -OCH3 is 1. The largest absolute Gasteiger partial charge is 0.383 e. The lowest BCUT2D eigenvalue weighted by atomic mass is 10.2. The van der Waals surface area contributed by atoms with Crippen molar-refractivity contribution in [2.24, 2.45) is 0 Å². The fourth-order valence-electron chi connectivity index (χ4n) is 1.80. The van der Waals surface area contributed by atoms with Gasteiger partial charge in [-0.1, -0.05) is 36.0 Å². The molecule has 2 aromatic carbocycles. The van der Waals surface area contributed by atoms with Crippen LogP contribution in [0.1, 0.15) is 5.56 Å². The van der Waals surface area contributed by atoms with Crippen molar-refractivity contribution in [3.8, 4) is 0 Å². The zero-order valence-electron chi connectivity index (χ0n) is 11.4. The molecule has 0 spiro atoms. The molecular formula is C16H18FNOS. The number of benzene rings is 2. The summed E-state index contributed by atoms with van der Waals surface area (Å²) < 4.78 is 18.2. The van der Waals surface area contributed by atoms with Gasteiger partial charge in [0.15, 0.2) is 0 Å². The molecule has 0 aliphatic rings. The van der Waals surface area contributed by atoms with Crippen LogP contribution in [0.4, 0.5) is 4.39 Å². The highest BCUT2D eigenvalue weighted by atomic mass is 32.2. The summed E-state index contributed by atoms with van der Waals surface area (Å²) in [7, 11) is 1.69. The highest BCUT2D eigenvalue weighted by Crippen LogP contribution is 2.30. The molecule has 0 unspecified atom stereocenters. The van der Waals surface area contributed by atoms with Crippen LogP contribution in [0.5, 0.6) is 0 Å². The first kappa shape index (κ1) is 15.0. The molecule has 0 saturated heterocycles. The second-order valence-electron chi connectivity index (χ2n) is 4.34. The summed E-state index contributed by atoms with van der Waals surface area (Å²) in [6, 6.07) is 14.8. The number of ether oxygens (including phenoxy) is 1. The fourth-order valence-corrected chi connectivity index (χ4v) is 2.79. The summed E-state index contributed by atoms with van der Waals surface area (Å²) in [5, 5.41) is 3.33. The van der Waals surface area contributed by atoms with Crippen molar-refractivity contribution < 1.29 is 9.13 Å². The van der Waals surface area contributed by atoms with E-state index in [1.165, 1.54) is 11.6 Å². The van der Waals surface area contributed by atoms with Gasteiger partial charge in [0.05, 0.1) is 6.61 Å². The average molecular weight is 291 g/mol. The van der Waals surface area contributed by atoms with Crippen molar-refractivity contribution in [2.75, 3.05) is 20.3 Å². The number of nitrogens with one attached hydrogen (secondary N) is 1. The SMILES string of the molecule is COCCNCc1ccccc1Sc1cccc(F)c1. The molecular weight excluding hydrogens is 273 g/mol. The lowest BCUT2D eigenvalue weighted by molar-refractivity contribution is 0.199. The molecule has 0 heterocycles. The van der Waals surface area contributed by atoms with Crippen molar-refractivity contribution in [2.45, 2.75) is 16.3 Å². The molecule has 0 aliphatic heterocycles. The first-order chi connectivity index (χ1) is 9.79. The summed E-state index contributed by atoms with van der Waals surface area (Å²) >= 11 is 1.58. The van der Waals surface area contributed by atoms with Crippen LogP contribution in [-0.4, -0.2) is 20.3 Å². The van der Waals surface area contributed by atoms with E-state index in [0.29, 0.717) is 6.61 Å². The minimum Gasteiger partial charge on any atom is -0.383 e. The van der Waals surface area contributed by atoms with E-state index < -0.39 is 0 Å². The standard InChI is InChI=1S/C16H18FNOS/c1-19-10-9-18-12-13-5-2-3-8-16(13)20-15-7-4-6-14(17)11-15/h2-8,11,18H,9-10,12H2,1H3. The van der Waals surface area contributed by atoms with Crippen LogP contribution in [0.2, 0.25) is 0 Å². The van der Waals surface area contributed by atoms with Gasteiger partial charge < -0.3 is 10.1 Å². The molecule has 2 rings (SSSR count). The Morgan fingerprint density at radius 1 is 1.15 bits per heavy atom. The third-order valence-corrected chi connectivity index (χ3v) is 3.90. The van der Waals surface area contributed by atoms with Crippen molar-refractivity contribution in [3.05, 3.63) is 59.9 Å². The first-order valence-corrected chi connectivity index (χ1v) is 7.32. The Bertz CT molecular complexity index is 548. The normalized spacial score (nSPS) is 10.7. The molecule has 0 aromatic heterocycles. The van der Waals surface area contributed by atoms with E-state index >= 15 is 0 Å². The Morgan fingerprint density at radius 2 is 2.00 bits per heavy atom. The molecule has 0 atom stereocenters. The van der Waals surface area contributed by atoms with Crippen molar-refractivity contribution in [1.82, 2.24) is 5.32 Å². The van der Waals surface area contributed by atoms with Crippen LogP contribution in [0.15, 0.2) is 58.3 Å². The molecule has 0 aliphatic carbocycles. The molecule has 2 aromatic rings. The van der Waals surface area contributed by atoms with Crippen LogP contribution < -0.4 is 5.32 Å². The van der Waals surface area contributed by atoms with Crippen molar-refractivity contribution in [3.63, 3.8) is 0 Å². The second kappa shape index (κ2) is 8.04. The van der Waals surface area contributed by atoms with E-state index in [-0.39, 0.29) is 5.82 Å². The van der Waals surface area contributed by atoms with E-state index in [2.05, 4.69) is 17.4 Å². The van der Waals surface area contributed by atoms with Crippen LogP contribution in [0.25, 0.3) is 0 Å². The number of hydrogen-bond acceptors (Lipinski definition) is 3. The molecule has 20 heavy (non-hydrogen) atoms. The number of hydrogen-bond donors (Lipinski definition) is 1. The van der Waals surface area contributed by atoms with Gasteiger partial charge in [-0.05, 0) is 29.8 Å². The predicted octanol–water partition coefficient (Wildman–Crippen LogP) is 3.71. The highest BCUT2D eigenvalue weighted by Gasteiger charge is 2.04. The van der Waals surface area contributed by atoms with Gasteiger partial charge in [-0.2, -0.15) is 0 Å². The predicted molar refractivity (Wildman–Crippen MR) is 80.5 cm³/mol. The number of halogens is 1. The Balaban J connectivity index is 2.03. The van der Waals surface area contributed by atoms with E-state index in [1.807, 2.05) is 18.2 Å². The monoisotopic (exact) mass is 291 g/mol. The van der Waals surface area contributed by atoms with Crippen molar-refractivity contribution in [1.29, 1.82) is 0 Å². The molecule has 0 saturated carbocycles. The Kier molecular flexibility index (Phi) is 6.05. The third-order valence-electron chi connectivity index (χ3n) is 2.79. The summed E-state index contributed by atoms with van der Waals surface area (Å²) in [5.74, 6) is -0.203. The smallest absolute Gasteiger partial charge is 0.124 e. The zero-order chi connectivity index (χ0) is 14.2. The number of rotatable bonds is 7. The van der Waals surface area contributed by atoms with E-state index in [9.17, 15) is 4.39 Å². The van der Waals surface area contributed by atoms with Crippen LogP contribution in [-0.2, 0) is 11.3 Å². The lowest BCUT2D eigenvalue weighted by Crippen LogP contribution is -2.18. The van der Waals surface area contributed by atoms with Gasteiger partial charge in [-0.15, -0.1) is 0 Å². The van der Waals surface area contributed by atoms with Gasteiger partial charge in [0.25, 0.3) is 0 Å². The Morgan fingerprint density at radius 3 is 2.80 bits per heavy atom. The molecule has 0 fully saturated rings. The summed E-state index contributed by atoms with van der Waals surface area (Å²) in [4.78, 5) is 2.05. The quantitative estimate of drug-likeness (QED) is 0.786. The third kappa shape index (κ3) is 4.63. The molecule has 0 radical (unpaired) electrons. The highest BCUT2D eigenvalue weighted by molar-refractivity contribution is 7.99. The lowest BCUT2D eigenvalue weighted by Gasteiger charge is -2.10.